The Bertz CT molecular complexity index is 869. The SMILES string of the molecule is CC1CCN(S(=O)c2ccc3nc(-c4ccccn4)[nH]c3c2)CC1. The van der Waals surface area contributed by atoms with Crippen molar-refractivity contribution >= 4 is 22.0 Å². The molecule has 0 amide bonds. The third-order valence-corrected chi connectivity index (χ3v) is 6.03. The van der Waals surface area contributed by atoms with E-state index in [4.69, 9.17) is 0 Å². The molecule has 0 aliphatic carbocycles. The Morgan fingerprint density at radius 3 is 2.79 bits per heavy atom. The third-order valence-electron chi connectivity index (χ3n) is 4.54. The van der Waals surface area contributed by atoms with Crippen molar-refractivity contribution in [2.75, 3.05) is 13.1 Å². The lowest BCUT2D eigenvalue weighted by Gasteiger charge is -2.28. The molecule has 3 heterocycles. The number of hydrogen-bond donors (Lipinski definition) is 1. The number of piperidine rings is 1. The highest BCUT2D eigenvalue weighted by molar-refractivity contribution is 7.82. The summed E-state index contributed by atoms with van der Waals surface area (Å²) in [6.07, 6.45) is 3.98. The van der Waals surface area contributed by atoms with Crippen LogP contribution in [0.1, 0.15) is 19.8 Å². The number of rotatable bonds is 3. The summed E-state index contributed by atoms with van der Waals surface area (Å²) in [6, 6.07) is 11.5. The Morgan fingerprint density at radius 2 is 2.04 bits per heavy atom. The van der Waals surface area contributed by atoms with E-state index in [2.05, 4.69) is 26.2 Å². The summed E-state index contributed by atoms with van der Waals surface area (Å²) < 4.78 is 14.9. The molecule has 1 N–H and O–H groups in total. The van der Waals surface area contributed by atoms with Crippen LogP contribution in [-0.2, 0) is 11.0 Å². The Balaban J connectivity index is 1.62. The van der Waals surface area contributed by atoms with E-state index in [-0.39, 0.29) is 0 Å². The minimum atomic E-state index is -1.11. The molecule has 124 valence electrons. The van der Waals surface area contributed by atoms with Crippen LogP contribution in [0.5, 0.6) is 0 Å². The van der Waals surface area contributed by atoms with E-state index in [1.54, 1.807) is 6.20 Å². The van der Waals surface area contributed by atoms with E-state index in [1.807, 2.05) is 36.4 Å². The van der Waals surface area contributed by atoms with Crippen LogP contribution in [-0.4, -0.2) is 36.6 Å². The second kappa shape index (κ2) is 6.45. The first-order chi connectivity index (χ1) is 11.7. The molecule has 0 spiro atoms. The van der Waals surface area contributed by atoms with Gasteiger partial charge in [-0.25, -0.2) is 13.5 Å². The van der Waals surface area contributed by atoms with Crippen molar-refractivity contribution in [1.82, 2.24) is 19.3 Å². The summed E-state index contributed by atoms with van der Waals surface area (Å²) in [7, 11) is -1.11. The van der Waals surface area contributed by atoms with Gasteiger partial charge in [-0.05, 0) is 49.1 Å². The van der Waals surface area contributed by atoms with Gasteiger partial charge in [0.05, 0.1) is 15.9 Å². The standard InChI is InChI=1S/C18H20N4OS/c1-13-7-10-22(11-8-13)24(23)14-5-6-15-17(12-14)21-18(20-15)16-4-2-3-9-19-16/h2-6,9,12-13H,7-8,10-11H2,1H3,(H,20,21). The molecular formula is C18H20N4OS. The molecule has 1 fully saturated rings. The number of benzene rings is 1. The minimum Gasteiger partial charge on any atom is -0.337 e. The number of pyridine rings is 1. The number of fused-ring (bicyclic) bond motifs is 1. The fraction of sp³-hybridized carbons (Fsp3) is 0.333. The van der Waals surface area contributed by atoms with Gasteiger partial charge in [-0.15, -0.1) is 0 Å². The molecule has 4 rings (SSSR count). The molecule has 1 saturated heterocycles. The maximum absolute atomic E-state index is 12.8. The van der Waals surface area contributed by atoms with E-state index in [1.165, 1.54) is 0 Å². The number of nitrogens with zero attached hydrogens (tertiary/aromatic N) is 3. The lowest BCUT2D eigenvalue weighted by Crippen LogP contribution is -2.34. The van der Waals surface area contributed by atoms with Crippen LogP contribution in [0, 0.1) is 5.92 Å². The molecular weight excluding hydrogens is 320 g/mol. The third kappa shape index (κ3) is 2.99. The molecule has 1 aliphatic rings. The van der Waals surface area contributed by atoms with Gasteiger partial charge < -0.3 is 4.98 Å². The van der Waals surface area contributed by atoms with Crippen molar-refractivity contribution in [1.29, 1.82) is 0 Å². The second-order valence-corrected chi connectivity index (χ2v) is 7.83. The lowest BCUT2D eigenvalue weighted by molar-refractivity contribution is 0.299. The van der Waals surface area contributed by atoms with Gasteiger partial charge in [-0.2, -0.15) is 0 Å². The van der Waals surface area contributed by atoms with Crippen molar-refractivity contribution in [2.45, 2.75) is 24.7 Å². The van der Waals surface area contributed by atoms with Gasteiger partial charge in [0.15, 0.2) is 5.82 Å². The summed E-state index contributed by atoms with van der Waals surface area (Å²) >= 11 is 0. The first-order valence-electron chi connectivity index (χ1n) is 8.29. The highest BCUT2D eigenvalue weighted by Crippen LogP contribution is 2.24. The van der Waals surface area contributed by atoms with Crippen molar-refractivity contribution in [3.63, 3.8) is 0 Å². The first-order valence-corrected chi connectivity index (χ1v) is 9.39. The maximum atomic E-state index is 12.8. The van der Waals surface area contributed by atoms with Crippen LogP contribution in [0.15, 0.2) is 47.5 Å². The van der Waals surface area contributed by atoms with E-state index in [0.29, 0.717) is 0 Å². The first kappa shape index (κ1) is 15.5. The average molecular weight is 340 g/mol. The predicted octanol–water partition coefficient (Wildman–Crippen LogP) is 3.38. The van der Waals surface area contributed by atoms with Gasteiger partial charge >= 0.3 is 0 Å². The predicted molar refractivity (Wildman–Crippen MR) is 95.7 cm³/mol. The number of hydrogen-bond acceptors (Lipinski definition) is 3. The minimum absolute atomic E-state index is 0.731. The monoisotopic (exact) mass is 340 g/mol. The lowest BCUT2D eigenvalue weighted by atomic mass is 10.0. The Labute approximate surface area is 143 Å². The van der Waals surface area contributed by atoms with Crippen molar-refractivity contribution in [3.05, 3.63) is 42.6 Å². The summed E-state index contributed by atoms with van der Waals surface area (Å²) in [5.41, 5.74) is 2.57. The largest absolute Gasteiger partial charge is 0.337 e. The summed E-state index contributed by atoms with van der Waals surface area (Å²) in [5, 5.41) is 0. The Hall–Kier alpha value is -2.05. The fourth-order valence-corrected chi connectivity index (χ4v) is 4.27. The fourth-order valence-electron chi connectivity index (χ4n) is 3.02. The average Bonchev–Trinajstić information content (AvgIpc) is 3.06. The number of H-pyrrole nitrogens is 1. The second-order valence-electron chi connectivity index (χ2n) is 6.34. The number of aromatic amines is 1. The molecule has 0 bridgehead atoms. The van der Waals surface area contributed by atoms with Gasteiger partial charge in [0.2, 0.25) is 0 Å². The molecule has 5 nitrogen and oxygen atoms in total. The number of imidazole rings is 1. The summed E-state index contributed by atoms with van der Waals surface area (Å²) in [4.78, 5) is 13.0. The van der Waals surface area contributed by atoms with Crippen LogP contribution in [0.3, 0.4) is 0 Å². The molecule has 1 atom stereocenters. The van der Waals surface area contributed by atoms with E-state index >= 15 is 0 Å². The van der Waals surface area contributed by atoms with E-state index in [0.717, 1.165) is 59.3 Å². The molecule has 1 unspecified atom stereocenters. The van der Waals surface area contributed by atoms with Gasteiger partial charge in [0.25, 0.3) is 0 Å². The normalized spacial score (nSPS) is 18.0. The molecule has 0 saturated carbocycles. The van der Waals surface area contributed by atoms with Crippen LogP contribution in [0.2, 0.25) is 0 Å². The van der Waals surface area contributed by atoms with Crippen LogP contribution < -0.4 is 0 Å². The zero-order valence-electron chi connectivity index (χ0n) is 13.6. The van der Waals surface area contributed by atoms with Gasteiger partial charge in [0, 0.05) is 19.3 Å². The van der Waals surface area contributed by atoms with Crippen molar-refractivity contribution in [3.8, 4) is 11.5 Å². The quantitative estimate of drug-likeness (QED) is 0.795. The van der Waals surface area contributed by atoms with Gasteiger partial charge in [0.1, 0.15) is 16.7 Å². The van der Waals surface area contributed by atoms with Crippen LogP contribution in [0.25, 0.3) is 22.6 Å². The van der Waals surface area contributed by atoms with Crippen molar-refractivity contribution < 1.29 is 4.21 Å². The van der Waals surface area contributed by atoms with Crippen LogP contribution >= 0.6 is 0 Å². The number of aromatic nitrogens is 3. The molecule has 1 aromatic carbocycles. The molecule has 1 aliphatic heterocycles. The number of nitrogens with one attached hydrogen (secondary N) is 1. The molecule has 3 aromatic rings. The van der Waals surface area contributed by atoms with Crippen LogP contribution in [0.4, 0.5) is 0 Å². The van der Waals surface area contributed by atoms with Crippen molar-refractivity contribution in [2.24, 2.45) is 5.92 Å². The van der Waals surface area contributed by atoms with Gasteiger partial charge in [-0.3, -0.25) is 4.98 Å². The molecule has 24 heavy (non-hydrogen) atoms. The Kier molecular flexibility index (Phi) is 4.16. The summed E-state index contributed by atoms with van der Waals surface area (Å²) in [6.45, 7) is 4.05. The Morgan fingerprint density at radius 1 is 1.21 bits per heavy atom. The molecule has 0 radical (unpaired) electrons. The highest BCUT2D eigenvalue weighted by Gasteiger charge is 2.21. The zero-order chi connectivity index (χ0) is 16.5. The zero-order valence-corrected chi connectivity index (χ0v) is 14.4. The smallest absolute Gasteiger partial charge is 0.157 e. The van der Waals surface area contributed by atoms with E-state index < -0.39 is 11.0 Å². The van der Waals surface area contributed by atoms with E-state index in [9.17, 15) is 4.21 Å². The summed E-state index contributed by atoms with van der Waals surface area (Å²) in [5.74, 6) is 1.47. The highest BCUT2D eigenvalue weighted by atomic mass is 32.2. The topological polar surface area (TPSA) is 61.9 Å². The molecule has 6 heteroatoms. The maximum Gasteiger partial charge on any atom is 0.157 e. The van der Waals surface area contributed by atoms with Gasteiger partial charge in [-0.1, -0.05) is 13.0 Å². The molecule has 2 aromatic heterocycles.